The molecule has 0 aromatic rings. The van der Waals surface area contributed by atoms with Crippen LogP contribution in [0, 0.1) is 5.92 Å². The van der Waals surface area contributed by atoms with E-state index in [2.05, 4.69) is 6.92 Å². The second-order valence-corrected chi connectivity index (χ2v) is 4.94. The van der Waals surface area contributed by atoms with Crippen molar-refractivity contribution in [2.75, 3.05) is 19.7 Å². The van der Waals surface area contributed by atoms with E-state index in [0.29, 0.717) is 25.6 Å². The first-order valence-electron chi connectivity index (χ1n) is 5.67. The summed E-state index contributed by atoms with van der Waals surface area (Å²) < 4.78 is 5.11. The van der Waals surface area contributed by atoms with Crippen molar-refractivity contribution in [2.45, 2.75) is 39.2 Å². The quantitative estimate of drug-likeness (QED) is 0.773. The number of nitrogens with zero attached hydrogens (tertiary/aromatic N) is 1. The van der Waals surface area contributed by atoms with Gasteiger partial charge in [-0.2, -0.15) is 0 Å². The van der Waals surface area contributed by atoms with Crippen LogP contribution in [0.25, 0.3) is 0 Å². The second kappa shape index (κ2) is 4.84. The molecule has 15 heavy (non-hydrogen) atoms. The van der Waals surface area contributed by atoms with Crippen LogP contribution in [0.5, 0.6) is 0 Å². The van der Waals surface area contributed by atoms with E-state index >= 15 is 0 Å². The Balaban J connectivity index is 2.23. The molecular formula is C11H22N2O2. The minimum atomic E-state index is -0.221. The molecule has 1 amide bonds. The van der Waals surface area contributed by atoms with Crippen molar-refractivity contribution < 1.29 is 9.53 Å². The van der Waals surface area contributed by atoms with Gasteiger partial charge in [-0.1, -0.05) is 27.2 Å². The average Bonchev–Trinajstić information content (AvgIpc) is 2.10. The summed E-state index contributed by atoms with van der Waals surface area (Å²) in [5, 5.41) is 0. The van der Waals surface area contributed by atoms with Crippen LogP contribution >= 0.6 is 0 Å². The number of ether oxygens (including phenoxy) is 1. The molecule has 1 aliphatic rings. The summed E-state index contributed by atoms with van der Waals surface area (Å²) in [5.41, 5.74) is 5.89. The van der Waals surface area contributed by atoms with Gasteiger partial charge in [0.2, 0.25) is 0 Å². The van der Waals surface area contributed by atoms with Gasteiger partial charge >= 0.3 is 6.09 Å². The molecule has 2 N–H and O–H groups in total. The largest absolute Gasteiger partial charge is 0.449 e. The molecule has 0 bridgehead atoms. The highest BCUT2D eigenvalue weighted by molar-refractivity contribution is 5.69. The highest BCUT2D eigenvalue weighted by atomic mass is 16.6. The Kier molecular flexibility index (Phi) is 3.97. The normalized spacial score (nSPS) is 18.9. The van der Waals surface area contributed by atoms with E-state index in [-0.39, 0.29) is 11.6 Å². The Morgan fingerprint density at radius 1 is 1.53 bits per heavy atom. The fraction of sp³-hybridized carbons (Fsp3) is 0.909. The zero-order valence-electron chi connectivity index (χ0n) is 9.95. The van der Waals surface area contributed by atoms with Crippen molar-refractivity contribution in [3.05, 3.63) is 0 Å². The fourth-order valence-corrected chi connectivity index (χ4v) is 1.83. The van der Waals surface area contributed by atoms with Crippen LogP contribution in [0.2, 0.25) is 0 Å². The smallest absolute Gasteiger partial charge is 0.409 e. The summed E-state index contributed by atoms with van der Waals surface area (Å²) >= 11 is 0. The number of carbonyl (C=O) groups excluding carboxylic acids is 1. The van der Waals surface area contributed by atoms with E-state index in [1.54, 1.807) is 4.90 Å². The van der Waals surface area contributed by atoms with E-state index in [1.165, 1.54) is 0 Å². The average molecular weight is 214 g/mol. The van der Waals surface area contributed by atoms with Gasteiger partial charge in [0, 0.05) is 13.1 Å². The Hall–Kier alpha value is -0.770. The summed E-state index contributed by atoms with van der Waals surface area (Å²) in [7, 11) is 0. The zero-order chi connectivity index (χ0) is 11.5. The molecule has 4 nitrogen and oxygen atoms in total. The molecule has 1 fully saturated rings. The lowest BCUT2D eigenvalue weighted by Gasteiger charge is -2.46. The highest BCUT2D eigenvalue weighted by Gasteiger charge is 2.41. The molecule has 1 heterocycles. The first-order valence-corrected chi connectivity index (χ1v) is 5.67. The van der Waals surface area contributed by atoms with E-state index in [9.17, 15) is 4.79 Å². The second-order valence-electron chi connectivity index (χ2n) is 4.94. The number of rotatable bonds is 4. The third kappa shape index (κ3) is 3.38. The monoisotopic (exact) mass is 214 g/mol. The van der Waals surface area contributed by atoms with Crippen LogP contribution in [0.3, 0.4) is 0 Å². The third-order valence-corrected chi connectivity index (χ3v) is 2.56. The van der Waals surface area contributed by atoms with Gasteiger partial charge in [0.05, 0.1) is 12.1 Å². The van der Waals surface area contributed by atoms with Crippen molar-refractivity contribution in [2.24, 2.45) is 11.7 Å². The molecule has 4 heteroatoms. The lowest BCUT2D eigenvalue weighted by Crippen LogP contribution is -2.68. The maximum Gasteiger partial charge on any atom is 0.409 e. The van der Waals surface area contributed by atoms with Crippen LogP contribution in [0.1, 0.15) is 33.6 Å². The predicted molar refractivity (Wildman–Crippen MR) is 59.6 cm³/mol. The number of nitrogens with two attached hydrogens (primary N) is 1. The van der Waals surface area contributed by atoms with E-state index in [1.807, 2.05) is 13.8 Å². The molecule has 1 aliphatic heterocycles. The Morgan fingerprint density at radius 3 is 2.60 bits per heavy atom. The van der Waals surface area contributed by atoms with E-state index < -0.39 is 0 Å². The lowest BCUT2D eigenvalue weighted by molar-refractivity contribution is 0.0319. The van der Waals surface area contributed by atoms with Crippen molar-refractivity contribution in [3.8, 4) is 0 Å². The highest BCUT2D eigenvalue weighted by Crippen LogP contribution is 2.23. The third-order valence-electron chi connectivity index (χ3n) is 2.56. The topological polar surface area (TPSA) is 55.6 Å². The van der Waals surface area contributed by atoms with Crippen molar-refractivity contribution in [1.82, 2.24) is 4.90 Å². The lowest BCUT2D eigenvalue weighted by atomic mass is 9.87. The molecule has 88 valence electrons. The molecule has 0 aliphatic carbocycles. The first-order chi connectivity index (χ1) is 6.97. The minimum absolute atomic E-state index is 0.161. The number of hydrogen-bond acceptors (Lipinski definition) is 3. The zero-order valence-corrected chi connectivity index (χ0v) is 9.95. The number of hydrogen-bond donors (Lipinski definition) is 1. The van der Waals surface area contributed by atoms with Crippen LogP contribution in [-0.4, -0.2) is 36.2 Å². The van der Waals surface area contributed by atoms with Gasteiger partial charge < -0.3 is 15.4 Å². The van der Waals surface area contributed by atoms with Crippen molar-refractivity contribution >= 4 is 6.09 Å². The summed E-state index contributed by atoms with van der Waals surface area (Å²) in [6.07, 6.45) is 1.81. The van der Waals surface area contributed by atoms with Crippen LogP contribution in [0.4, 0.5) is 4.79 Å². The molecule has 0 radical (unpaired) electrons. The van der Waals surface area contributed by atoms with Crippen LogP contribution in [-0.2, 0) is 4.74 Å². The maximum atomic E-state index is 11.5. The minimum Gasteiger partial charge on any atom is -0.449 e. The fourth-order valence-electron chi connectivity index (χ4n) is 1.83. The van der Waals surface area contributed by atoms with Crippen molar-refractivity contribution in [3.63, 3.8) is 0 Å². The number of carbonyl (C=O) groups is 1. The summed E-state index contributed by atoms with van der Waals surface area (Å²) in [4.78, 5) is 13.1. The van der Waals surface area contributed by atoms with Gasteiger partial charge in [-0.3, -0.25) is 0 Å². The summed E-state index contributed by atoms with van der Waals surface area (Å²) in [6, 6.07) is 0. The molecule has 1 saturated heterocycles. The SMILES string of the molecule is CCCC1(N)CN(C(=O)OCC(C)C)C1. The maximum absolute atomic E-state index is 11.5. The summed E-state index contributed by atoms with van der Waals surface area (Å²) in [5.74, 6) is 0.383. The van der Waals surface area contributed by atoms with Gasteiger partial charge in [-0.25, -0.2) is 4.79 Å². The molecule has 0 atom stereocenters. The van der Waals surface area contributed by atoms with Gasteiger partial charge in [0.25, 0.3) is 0 Å². The van der Waals surface area contributed by atoms with Gasteiger partial charge in [-0.15, -0.1) is 0 Å². The Labute approximate surface area is 91.8 Å². The molecule has 0 aromatic carbocycles. The van der Waals surface area contributed by atoms with Crippen molar-refractivity contribution in [1.29, 1.82) is 0 Å². The number of amides is 1. The predicted octanol–water partition coefficient (Wildman–Crippen LogP) is 1.59. The van der Waals surface area contributed by atoms with Gasteiger partial charge in [-0.05, 0) is 12.3 Å². The molecule has 0 aromatic heterocycles. The summed E-state index contributed by atoms with van der Waals surface area (Å²) in [6.45, 7) is 7.91. The van der Waals surface area contributed by atoms with Crippen LogP contribution in [0.15, 0.2) is 0 Å². The van der Waals surface area contributed by atoms with Gasteiger partial charge in [0.15, 0.2) is 0 Å². The molecule has 0 unspecified atom stereocenters. The van der Waals surface area contributed by atoms with E-state index in [4.69, 9.17) is 10.5 Å². The number of likely N-dealkylation sites (tertiary alicyclic amines) is 1. The molecule has 0 saturated carbocycles. The van der Waals surface area contributed by atoms with Crippen LogP contribution < -0.4 is 5.73 Å². The molecular weight excluding hydrogens is 192 g/mol. The van der Waals surface area contributed by atoms with E-state index in [0.717, 1.165) is 12.8 Å². The Morgan fingerprint density at radius 2 is 2.13 bits per heavy atom. The standard InChI is InChI=1S/C11H22N2O2/c1-4-5-11(12)7-13(8-11)10(14)15-6-9(2)3/h9H,4-8,12H2,1-3H3. The first kappa shape index (κ1) is 12.3. The Bertz CT molecular complexity index is 223. The van der Waals surface area contributed by atoms with Gasteiger partial charge in [0.1, 0.15) is 0 Å². The molecule has 0 spiro atoms. The molecule has 1 rings (SSSR count).